The van der Waals surface area contributed by atoms with Crippen molar-refractivity contribution in [1.29, 1.82) is 0 Å². The maximum absolute atomic E-state index is 12.8. The predicted octanol–water partition coefficient (Wildman–Crippen LogP) is 13.4. The Morgan fingerprint density at radius 1 is 0.920 bits per heavy atom. The number of ether oxygens (including phenoxy) is 1. The number of fused-ring (bicyclic) bond motifs is 5. The third kappa shape index (κ3) is 10.8. The maximum Gasteiger partial charge on any atom is 0.306 e. The molecule has 0 saturated heterocycles. The predicted molar refractivity (Wildman–Crippen MR) is 208 cm³/mol. The lowest BCUT2D eigenvalue weighted by Crippen LogP contribution is -2.51. The lowest BCUT2D eigenvalue weighted by molar-refractivity contribution is -0.428. The van der Waals surface area contributed by atoms with E-state index < -0.39 is 0 Å². The molecule has 0 bridgehead atoms. The van der Waals surface area contributed by atoms with Gasteiger partial charge in [-0.2, -0.15) is 0 Å². The van der Waals surface area contributed by atoms with Crippen molar-refractivity contribution < 1.29 is 14.5 Å². The van der Waals surface area contributed by atoms with Gasteiger partial charge in [0.25, 0.3) is 0 Å². The van der Waals surface area contributed by atoms with Gasteiger partial charge in [-0.25, -0.2) is 0 Å². The standard InChI is InChI=1S/C45H75NO4/c1-7-8-16-22-37(46(48)49)23-17-14-12-10-9-11-13-15-18-24-43(47)50-38-29-31-44(5)36(33-38)25-26-39-41-28-27-40(35(4)21-19-20-34(2)3)45(41,6)32-30-42(39)44/h12,14,23,25,34-35,38-42H,7-11,13,15-22,24,26-33H2,1-6H3/b14-12-,37-23+/t35-,38+,39+,40-,41+,42+,44+,45-/m1/s1. The number of carbonyl (C=O) groups excluding carboxylic acids is 1. The molecule has 0 aliphatic heterocycles. The maximum atomic E-state index is 12.8. The average Bonchev–Trinajstić information content (AvgIpc) is 3.43. The molecule has 3 fully saturated rings. The lowest BCUT2D eigenvalue weighted by Gasteiger charge is -2.58. The van der Waals surface area contributed by atoms with Gasteiger partial charge in [0.05, 0.1) is 4.92 Å². The van der Waals surface area contributed by atoms with E-state index in [1.54, 1.807) is 11.6 Å². The molecule has 0 aromatic heterocycles. The van der Waals surface area contributed by atoms with Crippen LogP contribution in [0.5, 0.6) is 0 Å². The molecule has 284 valence electrons. The molecule has 4 aliphatic carbocycles. The molecule has 0 unspecified atom stereocenters. The number of hydrogen-bond donors (Lipinski definition) is 0. The summed E-state index contributed by atoms with van der Waals surface area (Å²) in [5.74, 6) is 5.13. The number of nitrogens with zero attached hydrogens (tertiary/aromatic N) is 1. The van der Waals surface area contributed by atoms with Gasteiger partial charge < -0.3 is 4.74 Å². The molecule has 0 radical (unpaired) electrons. The number of allylic oxidation sites excluding steroid dienone is 5. The molecule has 8 atom stereocenters. The second-order valence-electron chi connectivity index (χ2n) is 18.1. The van der Waals surface area contributed by atoms with Gasteiger partial charge in [-0.1, -0.05) is 117 Å². The zero-order chi connectivity index (χ0) is 36.1. The van der Waals surface area contributed by atoms with E-state index in [9.17, 15) is 14.9 Å². The molecule has 0 heterocycles. The molecule has 5 heteroatoms. The molecule has 0 spiro atoms. The van der Waals surface area contributed by atoms with E-state index in [1.165, 1.54) is 57.8 Å². The average molecular weight is 694 g/mol. The minimum absolute atomic E-state index is 0.000564. The first-order chi connectivity index (χ1) is 24.0. The Labute approximate surface area is 307 Å². The van der Waals surface area contributed by atoms with E-state index in [-0.39, 0.29) is 17.0 Å². The smallest absolute Gasteiger partial charge is 0.306 e. The molecule has 0 amide bonds. The number of unbranched alkanes of at least 4 members (excludes halogenated alkanes) is 7. The Morgan fingerprint density at radius 2 is 1.68 bits per heavy atom. The highest BCUT2D eigenvalue weighted by Gasteiger charge is 2.59. The van der Waals surface area contributed by atoms with E-state index in [1.807, 2.05) is 0 Å². The monoisotopic (exact) mass is 694 g/mol. The van der Waals surface area contributed by atoms with E-state index in [2.05, 4.69) is 59.8 Å². The summed E-state index contributed by atoms with van der Waals surface area (Å²) in [7, 11) is 0. The van der Waals surface area contributed by atoms with Gasteiger partial charge in [-0.3, -0.25) is 14.9 Å². The second kappa shape index (κ2) is 19.8. The third-order valence-electron chi connectivity index (χ3n) is 14.2. The first kappa shape index (κ1) is 40.9. The SMILES string of the molecule is CCCCC/C(=C\C/C=C\CCCCCCCC(=O)O[C@H]1CC[C@@]2(C)C(=CC[C@H]3[C@@H]4CC[C@H]([C@H](C)CCCC(C)C)[C@@]4(C)CC[C@@H]32)C1)[N+](=O)[O-]. The summed E-state index contributed by atoms with van der Waals surface area (Å²) in [4.78, 5) is 23.8. The van der Waals surface area contributed by atoms with Crippen LogP contribution in [-0.4, -0.2) is 17.0 Å². The highest BCUT2D eigenvalue weighted by atomic mass is 16.6. The summed E-state index contributed by atoms with van der Waals surface area (Å²) in [6, 6.07) is 0. The van der Waals surface area contributed by atoms with Gasteiger partial charge in [0.2, 0.25) is 5.70 Å². The van der Waals surface area contributed by atoms with Gasteiger partial charge in [0, 0.05) is 19.3 Å². The van der Waals surface area contributed by atoms with Crippen LogP contribution in [-0.2, 0) is 9.53 Å². The molecular formula is C45H75NO4. The fourth-order valence-electron chi connectivity index (χ4n) is 11.3. The largest absolute Gasteiger partial charge is 0.462 e. The summed E-state index contributed by atoms with van der Waals surface area (Å²) >= 11 is 0. The van der Waals surface area contributed by atoms with Crippen LogP contribution >= 0.6 is 0 Å². The molecular weight excluding hydrogens is 618 g/mol. The topological polar surface area (TPSA) is 69.4 Å². The van der Waals surface area contributed by atoms with Crippen LogP contribution in [0, 0.1) is 56.5 Å². The van der Waals surface area contributed by atoms with Crippen molar-refractivity contribution in [2.75, 3.05) is 0 Å². The summed E-state index contributed by atoms with van der Waals surface area (Å²) in [6.45, 7) is 14.7. The van der Waals surface area contributed by atoms with Crippen LogP contribution in [0.3, 0.4) is 0 Å². The van der Waals surface area contributed by atoms with Crippen molar-refractivity contribution in [3.8, 4) is 0 Å². The summed E-state index contributed by atoms with van der Waals surface area (Å²) in [5.41, 5.74) is 2.79. The van der Waals surface area contributed by atoms with E-state index in [0.29, 0.717) is 35.8 Å². The molecule has 0 aromatic carbocycles. The van der Waals surface area contributed by atoms with Crippen LogP contribution in [0.4, 0.5) is 0 Å². The van der Waals surface area contributed by atoms with Crippen LogP contribution in [0.2, 0.25) is 0 Å². The minimum atomic E-state index is -0.225. The van der Waals surface area contributed by atoms with E-state index >= 15 is 0 Å². The van der Waals surface area contributed by atoms with Crippen molar-refractivity contribution in [3.05, 3.63) is 45.7 Å². The van der Waals surface area contributed by atoms with E-state index in [0.717, 1.165) is 106 Å². The normalized spacial score (nSPS) is 31.6. The highest BCUT2D eigenvalue weighted by molar-refractivity contribution is 5.69. The Hall–Kier alpha value is -1.91. The molecule has 50 heavy (non-hydrogen) atoms. The molecule has 0 N–H and O–H groups in total. The second-order valence-corrected chi connectivity index (χ2v) is 18.1. The van der Waals surface area contributed by atoms with E-state index in [4.69, 9.17) is 4.74 Å². The number of esters is 1. The third-order valence-corrected chi connectivity index (χ3v) is 14.2. The zero-order valence-electron chi connectivity index (χ0n) is 33.2. The number of nitro groups is 1. The number of rotatable bonds is 21. The fraction of sp³-hybridized carbons (Fsp3) is 0.844. The first-order valence-corrected chi connectivity index (χ1v) is 21.4. The summed E-state index contributed by atoms with van der Waals surface area (Å²) < 4.78 is 6.10. The number of carbonyl (C=O) groups is 1. The summed E-state index contributed by atoms with van der Waals surface area (Å²) in [6.07, 6.45) is 34.1. The fourth-order valence-corrected chi connectivity index (χ4v) is 11.3. The van der Waals surface area contributed by atoms with Crippen LogP contribution in [0.1, 0.15) is 189 Å². The van der Waals surface area contributed by atoms with Crippen molar-refractivity contribution in [2.24, 2.45) is 46.3 Å². The van der Waals surface area contributed by atoms with Crippen molar-refractivity contribution in [1.82, 2.24) is 0 Å². The Morgan fingerprint density at radius 3 is 2.44 bits per heavy atom. The van der Waals surface area contributed by atoms with Gasteiger partial charge in [0.1, 0.15) is 6.10 Å². The van der Waals surface area contributed by atoms with Crippen LogP contribution < -0.4 is 0 Å². The van der Waals surface area contributed by atoms with Crippen molar-refractivity contribution >= 4 is 5.97 Å². The van der Waals surface area contributed by atoms with Gasteiger partial charge >= 0.3 is 5.97 Å². The van der Waals surface area contributed by atoms with Crippen molar-refractivity contribution in [3.63, 3.8) is 0 Å². The number of hydrogen-bond acceptors (Lipinski definition) is 4. The lowest BCUT2D eigenvalue weighted by atomic mass is 9.47. The highest BCUT2D eigenvalue weighted by Crippen LogP contribution is 2.67. The van der Waals surface area contributed by atoms with Gasteiger partial charge in [0.15, 0.2) is 0 Å². The molecule has 4 rings (SSSR count). The first-order valence-electron chi connectivity index (χ1n) is 21.4. The minimum Gasteiger partial charge on any atom is -0.462 e. The molecule has 4 aliphatic rings. The Kier molecular flexibility index (Phi) is 16.2. The Balaban J connectivity index is 1.12. The van der Waals surface area contributed by atoms with Crippen LogP contribution in [0.25, 0.3) is 0 Å². The van der Waals surface area contributed by atoms with Gasteiger partial charge in [-0.15, -0.1) is 0 Å². The Bertz CT molecular complexity index is 1170. The van der Waals surface area contributed by atoms with Crippen LogP contribution in [0.15, 0.2) is 35.6 Å². The summed E-state index contributed by atoms with van der Waals surface area (Å²) in [5, 5.41) is 11.2. The van der Waals surface area contributed by atoms with Crippen molar-refractivity contribution in [2.45, 2.75) is 195 Å². The van der Waals surface area contributed by atoms with Gasteiger partial charge in [-0.05, 0) is 129 Å². The quantitative estimate of drug-likeness (QED) is 0.0394. The molecule has 5 nitrogen and oxygen atoms in total. The molecule has 0 aromatic rings. The zero-order valence-corrected chi connectivity index (χ0v) is 33.2. The molecule has 3 saturated carbocycles.